The number of hydrogen-bond donors (Lipinski definition) is 0. The number of anilines is 1. The summed E-state index contributed by atoms with van der Waals surface area (Å²) in [6, 6.07) is 7.82. The van der Waals surface area contributed by atoms with Crippen molar-refractivity contribution in [2.24, 2.45) is 0 Å². The fourth-order valence-corrected chi connectivity index (χ4v) is 2.82. The Morgan fingerprint density at radius 2 is 1.95 bits per heavy atom. The van der Waals surface area contributed by atoms with Gasteiger partial charge in [0.1, 0.15) is 12.4 Å². The van der Waals surface area contributed by atoms with Crippen molar-refractivity contribution in [3.05, 3.63) is 51.8 Å². The Hall–Kier alpha value is -2.12. The fraction of sp³-hybridized carbons (Fsp3) is 0.357. The van der Waals surface area contributed by atoms with Crippen molar-refractivity contribution in [1.82, 2.24) is 14.7 Å². The van der Waals surface area contributed by atoms with Gasteiger partial charge in [-0.05, 0) is 12.1 Å². The molecule has 2 aromatic rings. The van der Waals surface area contributed by atoms with E-state index in [2.05, 4.69) is 14.9 Å². The Kier molecular flexibility index (Phi) is 4.26. The van der Waals surface area contributed by atoms with E-state index in [-0.39, 0.29) is 5.69 Å². The van der Waals surface area contributed by atoms with Gasteiger partial charge in [-0.1, -0.05) is 23.7 Å². The summed E-state index contributed by atoms with van der Waals surface area (Å²) < 4.78 is 1.60. The molecule has 1 fully saturated rings. The van der Waals surface area contributed by atoms with Crippen LogP contribution in [0.4, 0.5) is 11.4 Å². The number of piperazine rings is 1. The average Bonchev–Trinajstić information content (AvgIpc) is 2.98. The molecule has 2 heterocycles. The molecule has 1 aliphatic rings. The molecule has 0 amide bonds. The minimum atomic E-state index is -0.432. The van der Waals surface area contributed by atoms with E-state index in [1.165, 1.54) is 12.4 Å². The average molecular weight is 322 g/mol. The highest BCUT2D eigenvalue weighted by Crippen LogP contribution is 2.26. The molecule has 0 spiro atoms. The highest BCUT2D eigenvalue weighted by Gasteiger charge is 2.19. The molecular formula is C14H16ClN5O2. The minimum absolute atomic E-state index is 0.0229. The van der Waals surface area contributed by atoms with E-state index in [1.807, 2.05) is 24.3 Å². The fourth-order valence-electron chi connectivity index (χ4n) is 2.57. The lowest BCUT2D eigenvalue weighted by Crippen LogP contribution is -2.46. The zero-order chi connectivity index (χ0) is 15.5. The largest absolute Gasteiger partial charge is 0.368 e. The van der Waals surface area contributed by atoms with Crippen LogP contribution in [0.2, 0.25) is 5.02 Å². The number of para-hydroxylation sites is 1. The summed E-state index contributed by atoms with van der Waals surface area (Å²) in [6.07, 6.45) is 2.74. The van der Waals surface area contributed by atoms with Gasteiger partial charge in [-0.15, -0.1) is 0 Å². The van der Waals surface area contributed by atoms with Crippen molar-refractivity contribution in [2.75, 3.05) is 31.1 Å². The van der Waals surface area contributed by atoms with E-state index >= 15 is 0 Å². The summed E-state index contributed by atoms with van der Waals surface area (Å²) >= 11 is 6.22. The molecule has 0 saturated carbocycles. The van der Waals surface area contributed by atoms with Crippen molar-refractivity contribution in [1.29, 1.82) is 0 Å². The van der Waals surface area contributed by atoms with E-state index in [0.717, 1.165) is 36.9 Å². The summed E-state index contributed by atoms with van der Waals surface area (Å²) in [5.74, 6) is 0. The van der Waals surface area contributed by atoms with Gasteiger partial charge in [-0.2, -0.15) is 5.10 Å². The van der Waals surface area contributed by atoms with Gasteiger partial charge in [0.2, 0.25) is 0 Å². The SMILES string of the molecule is O=[N+]([O-])c1cnn(CN2CCN(c3ccccc3Cl)CC2)c1. The molecule has 0 unspecified atom stereocenters. The second kappa shape index (κ2) is 6.33. The Morgan fingerprint density at radius 3 is 2.59 bits per heavy atom. The molecule has 116 valence electrons. The highest BCUT2D eigenvalue weighted by atomic mass is 35.5. The monoisotopic (exact) mass is 321 g/mol. The lowest BCUT2D eigenvalue weighted by Gasteiger charge is -2.36. The van der Waals surface area contributed by atoms with Gasteiger partial charge >= 0.3 is 5.69 Å². The van der Waals surface area contributed by atoms with Gasteiger partial charge in [0.25, 0.3) is 0 Å². The van der Waals surface area contributed by atoms with Crippen LogP contribution in [0.1, 0.15) is 0 Å². The molecule has 0 radical (unpaired) electrons. The van der Waals surface area contributed by atoms with E-state index in [4.69, 9.17) is 11.6 Å². The number of halogens is 1. The molecule has 1 aromatic heterocycles. The zero-order valence-corrected chi connectivity index (χ0v) is 12.7. The predicted octanol–water partition coefficient (Wildman–Crippen LogP) is 2.22. The van der Waals surface area contributed by atoms with Crippen LogP contribution in [0.3, 0.4) is 0 Å². The number of benzene rings is 1. The molecule has 0 aliphatic carbocycles. The first-order chi connectivity index (χ1) is 10.6. The van der Waals surface area contributed by atoms with Gasteiger partial charge in [-0.25, -0.2) is 0 Å². The normalized spacial score (nSPS) is 16.0. The number of hydrogen-bond acceptors (Lipinski definition) is 5. The summed E-state index contributed by atoms with van der Waals surface area (Å²) in [5, 5.41) is 15.4. The molecule has 22 heavy (non-hydrogen) atoms. The highest BCUT2D eigenvalue weighted by molar-refractivity contribution is 6.33. The molecular weight excluding hydrogens is 306 g/mol. The van der Waals surface area contributed by atoms with Gasteiger partial charge < -0.3 is 4.90 Å². The molecule has 1 aliphatic heterocycles. The molecule has 0 bridgehead atoms. The minimum Gasteiger partial charge on any atom is -0.368 e. The van der Waals surface area contributed by atoms with Crippen LogP contribution in [-0.2, 0) is 6.67 Å². The number of aromatic nitrogens is 2. The van der Waals surface area contributed by atoms with E-state index in [9.17, 15) is 10.1 Å². The van der Waals surface area contributed by atoms with Crippen LogP contribution in [-0.4, -0.2) is 45.8 Å². The molecule has 3 rings (SSSR count). The standard InChI is InChI=1S/C14H16ClN5O2/c15-13-3-1-2-4-14(13)18-7-5-17(6-8-18)11-19-10-12(9-16-19)20(21)22/h1-4,9-10H,5-8,11H2. The van der Waals surface area contributed by atoms with Crippen LogP contribution in [0.25, 0.3) is 0 Å². The van der Waals surface area contributed by atoms with Crippen LogP contribution in [0.15, 0.2) is 36.7 Å². The lowest BCUT2D eigenvalue weighted by atomic mass is 10.2. The second-order valence-electron chi connectivity index (χ2n) is 5.19. The number of nitro groups is 1. The summed E-state index contributed by atoms with van der Waals surface area (Å²) in [4.78, 5) is 14.7. The molecule has 0 atom stereocenters. The summed E-state index contributed by atoms with van der Waals surface area (Å²) in [5.41, 5.74) is 1.08. The van der Waals surface area contributed by atoms with Crippen LogP contribution in [0.5, 0.6) is 0 Å². The zero-order valence-electron chi connectivity index (χ0n) is 11.9. The Labute approximate surface area is 132 Å². The predicted molar refractivity (Wildman–Crippen MR) is 84.1 cm³/mol. The van der Waals surface area contributed by atoms with Crippen molar-refractivity contribution in [3.63, 3.8) is 0 Å². The maximum Gasteiger partial charge on any atom is 0.307 e. The van der Waals surface area contributed by atoms with E-state index < -0.39 is 4.92 Å². The third-order valence-electron chi connectivity index (χ3n) is 3.74. The topological polar surface area (TPSA) is 67.4 Å². The van der Waals surface area contributed by atoms with Gasteiger partial charge in [-0.3, -0.25) is 19.7 Å². The smallest absolute Gasteiger partial charge is 0.307 e. The molecule has 1 saturated heterocycles. The lowest BCUT2D eigenvalue weighted by molar-refractivity contribution is -0.385. The molecule has 8 heteroatoms. The molecule has 1 aromatic carbocycles. The van der Waals surface area contributed by atoms with Crippen LogP contribution < -0.4 is 4.90 Å². The Morgan fingerprint density at radius 1 is 1.23 bits per heavy atom. The van der Waals surface area contributed by atoms with Crippen molar-refractivity contribution in [2.45, 2.75) is 6.67 Å². The third kappa shape index (κ3) is 3.20. The maximum absolute atomic E-state index is 10.7. The first kappa shape index (κ1) is 14.8. The maximum atomic E-state index is 10.7. The van der Waals surface area contributed by atoms with Crippen molar-refractivity contribution >= 4 is 23.0 Å². The second-order valence-corrected chi connectivity index (χ2v) is 5.60. The van der Waals surface area contributed by atoms with E-state index in [1.54, 1.807) is 4.68 Å². The van der Waals surface area contributed by atoms with Gasteiger partial charge in [0.05, 0.1) is 22.3 Å². The Bertz CT molecular complexity index is 667. The summed E-state index contributed by atoms with van der Waals surface area (Å²) in [6.45, 7) is 4.02. The summed E-state index contributed by atoms with van der Waals surface area (Å²) in [7, 11) is 0. The first-order valence-electron chi connectivity index (χ1n) is 7.02. The van der Waals surface area contributed by atoms with Crippen LogP contribution >= 0.6 is 11.6 Å². The van der Waals surface area contributed by atoms with Gasteiger partial charge in [0.15, 0.2) is 0 Å². The number of rotatable bonds is 4. The quantitative estimate of drug-likeness (QED) is 0.638. The first-order valence-corrected chi connectivity index (χ1v) is 7.40. The van der Waals surface area contributed by atoms with E-state index in [0.29, 0.717) is 6.67 Å². The molecule has 0 N–H and O–H groups in total. The Balaban J connectivity index is 1.57. The van der Waals surface area contributed by atoms with Crippen molar-refractivity contribution in [3.8, 4) is 0 Å². The van der Waals surface area contributed by atoms with Crippen LogP contribution in [0, 0.1) is 10.1 Å². The van der Waals surface area contributed by atoms with Crippen molar-refractivity contribution < 1.29 is 4.92 Å². The third-order valence-corrected chi connectivity index (χ3v) is 4.06. The van der Waals surface area contributed by atoms with Gasteiger partial charge in [0, 0.05) is 26.2 Å². The number of nitrogens with zero attached hydrogens (tertiary/aromatic N) is 5. The molecule has 7 nitrogen and oxygen atoms in total.